The predicted octanol–water partition coefficient (Wildman–Crippen LogP) is 2.41. The maximum absolute atomic E-state index is 12.4. The van der Waals surface area contributed by atoms with Crippen molar-refractivity contribution in [3.05, 3.63) is 60.4 Å². The third kappa shape index (κ3) is 6.53. The minimum Gasteiger partial charge on any atom is -0.358 e. The molecule has 25 heavy (non-hydrogen) atoms. The molecule has 1 atom stereocenters. The van der Waals surface area contributed by atoms with Crippen LogP contribution in [0.5, 0.6) is 0 Å². The summed E-state index contributed by atoms with van der Waals surface area (Å²) in [7, 11) is 0. The fourth-order valence-corrected chi connectivity index (χ4v) is 2.81. The van der Waals surface area contributed by atoms with E-state index < -0.39 is 0 Å². The molecular formula is C18H24Cl2N4O. The summed E-state index contributed by atoms with van der Waals surface area (Å²) in [6.07, 6.45) is 4.60. The van der Waals surface area contributed by atoms with E-state index >= 15 is 0 Å². The highest BCUT2D eigenvalue weighted by Gasteiger charge is 2.18. The van der Waals surface area contributed by atoms with E-state index in [0.717, 1.165) is 30.8 Å². The molecule has 1 saturated heterocycles. The molecule has 1 aromatic carbocycles. The van der Waals surface area contributed by atoms with Crippen LogP contribution in [-0.4, -0.2) is 36.6 Å². The van der Waals surface area contributed by atoms with E-state index in [2.05, 4.69) is 20.5 Å². The summed E-state index contributed by atoms with van der Waals surface area (Å²) >= 11 is 0. The first kappa shape index (κ1) is 21.2. The van der Waals surface area contributed by atoms with Crippen molar-refractivity contribution in [2.75, 3.05) is 24.5 Å². The van der Waals surface area contributed by atoms with Crippen molar-refractivity contribution in [3.63, 3.8) is 0 Å². The number of pyridine rings is 1. The van der Waals surface area contributed by atoms with Gasteiger partial charge in [0.25, 0.3) is 0 Å². The minimum absolute atomic E-state index is 0. The first-order valence-corrected chi connectivity index (χ1v) is 8.00. The van der Waals surface area contributed by atoms with Crippen molar-refractivity contribution < 1.29 is 4.79 Å². The maximum atomic E-state index is 12.4. The maximum Gasteiger partial charge on any atom is 0.239 e. The molecule has 0 aliphatic carbocycles. The number of nitrogens with one attached hydrogen (secondary N) is 2. The lowest BCUT2D eigenvalue weighted by Gasteiger charge is -2.25. The Kier molecular flexibility index (Phi) is 9.27. The van der Waals surface area contributed by atoms with E-state index in [0.29, 0.717) is 13.1 Å². The molecule has 1 unspecified atom stereocenters. The second kappa shape index (κ2) is 10.9. The van der Waals surface area contributed by atoms with Gasteiger partial charge in [0.05, 0.1) is 6.54 Å². The summed E-state index contributed by atoms with van der Waals surface area (Å²) < 4.78 is 0. The molecule has 1 amide bonds. The van der Waals surface area contributed by atoms with Gasteiger partial charge in [-0.3, -0.25) is 9.78 Å². The molecule has 3 rings (SSSR count). The zero-order valence-corrected chi connectivity index (χ0v) is 15.6. The standard InChI is InChI=1S/C18H22N4O.2ClH/c23-18(21-16-8-10-20-12-16)14-22(17-6-2-1-3-7-17)13-15-5-4-9-19-11-15;;/h1-7,9,11,16,20H,8,10,12-14H2,(H,21,23);2*1H. The lowest BCUT2D eigenvalue weighted by atomic mass is 10.2. The number of carbonyl (C=O) groups is 1. The average Bonchev–Trinajstić information content (AvgIpc) is 3.09. The van der Waals surface area contributed by atoms with Crippen LogP contribution in [0.3, 0.4) is 0 Å². The van der Waals surface area contributed by atoms with E-state index in [1.54, 1.807) is 6.20 Å². The fourth-order valence-electron chi connectivity index (χ4n) is 2.81. The Bertz CT molecular complexity index is 621. The van der Waals surface area contributed by atoms with Crippen molar-refractivity contribution in [2.45, 2.75) is 19.0 Å². The minimum atomic E-state index is 0. The van der Waals surface area contributed by atoms with Crippen LogP contribution < -0.4 is 15.5 Å². The molecule has 1 aliphatic rings. The van der Waals surface area contributed by atoms with Crippen LogP contribution in [0.2, 0.25) is 0 Å². The van der Waals surface area contributed by atoms with E-state index in [9.17, 15) is 4.79 Å². The SMILES string of the molecule is Cl.Cl.O=C(CN(Cc1cccnc1)c1ccccc1)NC1CCNC1. The van der Waals surface area contributed by atoms with Crippen LogP contribution >= 0.6 is 24.8 Å². The highest BCUT2D eigenvalue weighted by molar-refractivity contribution is 5.85. The van der Waals surface area contributed by atoms with Crippen molar-refractivity contribution in [3.8, 4) is 0 Å². The van der Waals surface area contributed by atoms with Gasteiger partial charge in [-0.25, -0.2) is 0 Å². The number of anilines is 1. The molecule has 1 aromatic heterocycles. The first-order chi connectivity index (χ1) is 11.3. The lowest BCUT2D eigenvalue weighted by molar-refractivity contribution is -0.120. The summed E-state index contributed by atoms with van der Waals surface area (Å²) in [6, 6.07) is 14.2. The van der Waals surface area contributed by atoms with Gasteiger partial charge in [0, 0.05) is 37.2 Å². The van der Waals surface area contributed by atoms with Gasteiger partial charge in [-0.1, -0.05) is 24.3 Å². The van der Waals surface area contributed by atoms with Crippen LogP contribution in [0.25, 0.3) is 0 Å². The molecule has 7 heteroatoms. The van der Waals surface area contributed by atoms with Crippen molar-refractivity contribution >= 4 is 36.4 Å². The predicted molar refractivity (Wildman–Crippen MR) is 106 cm³/mol. The Balaban J connectivity index is 0.00000156. The van der Waals surface area contributed by atoms with Crippen LogP contribution in [0, 0.1) is 0 Å². The van der Waals surface area contributed by atoms with E-state index in [1.807, 2.05) is 48.7 Å². The third-order valence-corrected chi connectivity index (χ3v) is 3.98. The van der Waals surface area contributed by atoms with Gasteiger partial charge in [-0.15, -0.1) is 24.8 Å². The number of benzene rings is 1. The van der Waals surface area contributed by atoms with Gasteiger partial charge in [-0.2, -0.15) is 0 Å². The summed E-state index contributed by atoms with van der Waals surface area (Å²) in [4.78, 5) is 18.6. The molecule has 0 spiro atoms. The number of nitrogens with zero attached hydrogens (tertiary/aromatic N) is 2. The summed E-state index contributed by atoms with van der Waals surface area (Å²) in [5, 5.41) is 6.37. The summed E-state index contributed by atoms with van der Waals surface area (Å²) in [5.41, 5.74) is 2.13. The van der Waals surface area contributed by atoms with Gasteiger partial charge < -0.3 is 15.5 Å². The van der Waals surface area contributed by atoms with Crippen molar-refractivity contribution in [1.82, 2.24) is 15.6 Å². The van der Waals surface area contributed by atoms with Crippen LogP contribution in [0.4, 0.5) is 5.69 Å². The molecule has 1 aliphatic heterocycles. The number of carbonyl (C=O) groups excluding carboxylic acids is 1. The molecular weight excluding hydrogens is 359 g/mol. The molecule has 1 fully saturated rings. The Hall–Kier alpha value is -1.82. The topological polar surface area (TPSA) is 57.3 Å². The third-order valence-electron chi connectivity index (χ3n) is 3.98. The largest absolute Gasteiger partial charge is 0.358 e. The number of hydrogen-bond acceptors (Lipinski definition) is 4. The summed E-state index contributed by atoms with van der Waals surface area (Å²) in [5.74, 6) is 0.0615. The molecule has 0 bridgehead atoms. The molecule has 2 heterocycles. The number of para-hydroxylation sites is 1. The van der Waals surface area contributed by atoms with Crippen LogP contribution in [0.1, 0.15) is 12.0 Å². The lowest BCUT2D eigenvalue weighted by Crippen LogP contribution is -2.42. The van der Waals surface area contributed by atoms with Gasteiger partial charge in [-0.05, 0) is 36.7 Å². The number of halogens is 2. The second-order valence-corrected chi connectivity index (χ2v) is 5.81. The van der Waals surface area contributed by atoms with Gasteiger partial charge in [0.1, 0.15) is 0 Å². The smallest absolute Gasteiger partial charge is 0.239 e. The van der Waals surface area contributed by atoms with E-state index in [4.69, 9.17) is 0 Å². The Morgan fingerprint density at radius 1 is 1.20 bits per heavy atom. The van der Waals surface area contributed by atoms with Crippen LogP contribution in [0.15, 0.2) is 54.9 Å². The Morgan fingerprint density at radius 3 is 2.64 bits per heavy atom. The molecule has 2 N–H and O–H groups in total. The van der Waals surface area contributed by atoms with E-state index in [-0.39, 0.29) is 36.8 Å². The molecule has 0 radical (unpaired) electrons. The second-order valence-electron chi connectivity index (χ2n) is 5.81. The number of hydrogen-bond donors (Lipinski definition) is 2. The Morgan fingerprint density at radius 2 is 2.00 bits per heavy atom. The zero-order valence-electron chi connectivity index (χ0n) is 13.9. The first-order valence-electron chi connectivity index (χ1n) is 8.00. The van der Waals surface area contributed by atoms with Gasteiger partial charge in [0.2, 0.25) is 5.91 Å². The molecule has 136 valence electrons. The number of rotatable bonds is 6. The molecule has 5 nitrogen and oxygen atoms in total. The zero-order chi connectivity index (χ0) is 15.9. The average molecular weight is 383 g/mol. The van der Waals surface area contributed by atoms with Gasteiger partial charge in [0.15, 0.2) is 0 Å². The Labute approximate surface area is 161 Å². The van der Waals surface area contributed by atoms with Gasteiger partial charge >= 0.3 is 0 Å². The highest BCUT2D eigenvalue weighted by Crippen LogP contribution is 2.16. The molecule has 0 saturated carbocycles. The van der Waals surface area contributed by atoms with E-state index in [1.165, 1.54) is 0 Å². The fraction of sp³-hybridized carbons (Fsp3) is 0.333. The van der Waals surface area contributed by atoms with Crippen molar-refractivity contribution in [2.24, 2.45) is 0 Å². The number of amides is 1. The van der Waals surface area contributed by atoms with Crippen molar-refractivity contribution in [1.29, 1.82) is 0 Å². The molecule has 2 aromatic rings. The number of aromatic nitrogens is 1. The normalized spacial score (nSPS) is 15.6. The summed E-state index contributed by atoms with van der Waals surface area (Å²) in [6.45, 7) is 2.84. The monoisotopic (exact) mass is 382 g/mol. The quantitative estimate of drug-likeness (QED) is 0.805. The van der Waals surface area contributed by atoms with Crippen LogP contribution in [-0.2, 0) is 11.3 Å². The highest BCUT2D eigenvalue weighted by atomic mass is 35.5.